The van der Waals surface area contributed by atoms with Gasteiger partial charge in [0, 0.05) is 17.6 Å². The van der Waals surface area contributed by atoms with Crippen molar-refractivity contribution in [2.45, 2.75) is 45.3 Å². The third-order valence-electron chi connectivity index (χ3n) is 3.58. The molecule has 18 heavy (non-hydrogen) atoms. The fourth-order valence-electron chi connectivity index (χ4n) is 2.27. The summed E-state index contributed by atoms with van der Waals surface area (Å²) in [4.78, 5) is 2.33. The molecule has 1 rings (SSSR count). The van der Waals surface area contributed by atoms with E-state index in [0.717, 1.165) is 31.4 Å². The molecule has 0 heterocycles. The summed E-state index contributed by atoms with van der Waals surface area (Å²) in [5, 5.41) is 10.8. The molecule has 0 saturated heterocycles. The van der Waals surface area contributed by atoms with Crippen molar-refractivity contribution in [1.29, 1.82) is 0 Å². The van der Waals surface area contributed by atoms with E-state index in [1.807, 2.05) is 24.3 Å². The SMILES string of the molecule is CCC(CC)N(C)CCC(O)c1ccc(Cl)cc1. The molecule has 0 saturated carbocycles. The maximum atomic E-state index is 10.1. The minimum atomic E-state index is -0.404. The van der Waals surface area contributed by atoms with Crippen LogP contribution in [0.2, 0.25) is 5.02 Å². The molecule has 0 bridgehead atoms. The first-order valence-electron chi connectivity index (χ1n) is 6.72. The Kier molecular flexibility index (Phi) is 6.69. The highest BCUT2D eigenvalue weighted by atomic mass is 35.5. The molecule has 1 aromatic rings. The molecule has 0 fully saturated rings. The number of aliphatic hydroxyl groups excluding tert-OH is 1. The van der Waals surface area contributed by atoms with E-state index in [0.29, 0.717) is 11.1 Å². The molecule has 0 aliphatic carbocycles. The summed E-state index contributed by atoms with van der Waals surface area (Å²) in [7, 11) is 2.13. The Bertz CT molecular complexity index is 335. The Morgan fingerprint density at radius 1 is 1.17 bits per heavy atom. The molecule has 102 valence electrons. The van der Waals surface area contributed by atoms with Crippen LogP contribution >= 0.6 is 11.6 Å². The monoisotopic (exact) mass is 269 g/mol. The first-order valence-corrected chi connectivity index (χ1v) is 7.10. The largest absolute Gasteiger partial charge is 0.388 e. The highest BCUT2D eigenvalue weighted by molar-refractivity contribution is 6.30. The average Bonchev–Trinajstić information content (AvgIpc) is 2.38. The van der Waals surface area contributed by atoms with E-state index >= 15 is 0 Å². The summed E-state index contributed by atoms with van der Waals surface area (Å²) in [6.07, 6.45) is 2.67. The Labute approximate surface area is 116 Å². The van der Waals surface area contributed by atoms with E-state index in [9.17, 15) is 5.11 Å². The van der Waals surface area contributed by atoms with Crippen LogP contribution in [0.25, 0.3) is 0 Å². The zero-order valence-electron chi connectivity index (χ0n) is 11.6. The van der Waals surface area contributed by atoms with Gasteiger partial charge in [-0.2, -0.15) is 0 Å². The van der Waals surface area contributed by atoms with Gasteiger partial charge in [-0.15, -0.1) is 0 Å². The van der Waals surface area contributed by atoms with Crippen molar-refractivity contribution in [3.05, 3.63) is 34.9 Å². The molecule has 3 heteroatoms. The lowest BCUT2D eigenvalue weighted by Gasteiger charge is -2.27. The second-order valence-corrected chi connectivity index (χ2v) is 5.24. The first-order chi connectivity index (χ1) is 8.58. The predicted molar refractivity (Wildman–Crippen MR) is 78.0 cm³/mol. The highest BCUT2D eigenvalue weighted by Gasteiger charge is 2.13. The summed E-state index contributed by atoms with van der Waals surface area (Å²) in [5.74, 6) is 0. The second kappa shape index (κ2) is 7.78. The molecule has 0 aliphatic rings. The van der Waals surface area contributed by atoms with Crippen molar-refractivity contribution in [2.24, 2.45) is 0 Å². The lowest BCUT2D eigenvalue weighted by molar-refractivity contribution is 0.134. The van der Waals surface area contributed by atoms with Gasteiger partial charge in [0.25, 0.3) is 0 Å². The van der Waals surface area contributed by atoms with Gasteiger partial charge in [0.05, 0.1) is 6.10 Å². The molecule has 0 spiro atoms. The number of hydrogen-bond donors (Lipinski definition) is 1. The normalized spacial score (nSPS) is 13.3. The molecule has 2 nitrogen and oxygen atoms in total. The van der Waals surface area contributed by atoms with E-state index in [1.54, 1.807) is 0 Å². The van der Waals surface area contributed by atoms with Crippen molar-refractivity contribution in [2.75, 3.05) is 13.6 Å². The summed E-state index contributed by atoms with van der Waals surface area (Å²) < 4.78 is 0. The zero-order valence-corrected chi connectivity index (χ0v) is 12.3. The van der Waals surface area contributed by atoms with Gasteiger partial charge in [-0.1, -0.05) is 37.6 Å². The van der Waals surface area contributed by atoms with Gasteiger partial charge in [0.1, 0.15) is 0 Å². The Morgan fingerprint density at radius 3 is 2.22 bits per heavy atom. The van der Waals surface area contributed by atoms with E-state index in [-0.39, 0.29) is 0 Å². The second-order valence-electron chi connectivity index (χ2n) is 4.81. The van der Waals surface area contributed by atoms with E-state index in [2.05, 4.69) is 25.8 Å². The van der Waals surface area contributed by atoms with Gasteiger partial charge in [-0.3, -0.25) is 0 Å². The zero-order chi connectivity index (χ0) is 13.5. The van der Waals surface area contributed by atoms with Crippen molar-refractivity contribution in [3.63, 3.8) is 0 Å². The summed E-state index contributed by atoms with van der Waals surface area (Å²) in [5.41, 5.74) is 0.942. The number of nitrogens with zero attached hydrogens (tertiary/aromatic N) is 1. The molecule has 1 unspecified atom stereocenters. The summed E-state index contributed by atoms with van der Waals surface area (Å²) in [6.45, 7) is 5.33. The van der Waals surface area contributed by atoms with Crippen molar-refractivity contribution >= 4 is 11.6 Å². The van der Waals surface area contributed by atoms with Crippen LogP contribution < -0.4 is 0 Å². The molecular weight excluding hydrogens is 246 g/mol. The van der Waals surface area contributed by atoms with Crippen LogP contribution in [0.15, 0.2) is 24.3 Å². The van der Waals surface area contributed by atoms with Gasteiger partial charge in [-0.05, 0) is 44.0 Å². The van der Waals surface area contributed by atoms with Crippen molar-refractivity contribution < 1.29 is 5.11 Å². The van der Waals surface area contributed by atoms with Crippen LogP contribution in [0.5, 0.6) is 0 Å². The lowest BCUT2D eigenvalue weighted by atomic mass is 10.1. The van der Waals surface area contributed by atoms with Crippen LogP contribution in [0.1, 0.15) is 44.8 Å². The summed E-state index contributed by atoms with van der Waals surface area (Å²) >= 11 is 5.83. The standard InChI is InChI=1S/C15H24ClNO/c1-4-14(5-2)17(3)11-10-15(18)12-6-8-13(16)9-7-12/h6-9,14-15,18H,4-5,10-11H2,1-3H3. The van der Waals surface area contributed by atoms with Crippen molar-refractivity contribution in [1.82, 2.24) is 4.90 Å². The minimum Gasteiger partial charge on any atom is -0.388 e. The predicted octanol–water partition coefficient (Wildman–Crippen LogP) is 3.88. The quantitative estimate of drug-likeness (QED) is 0.812. The molecule has 0 aliphatic heterocycles. The highest BCUT2D eigenvalue weighted by Crippen LogP contribution is 2.20. The van der Waals surface area contributed by atoms with Crippen molar-refractivity contribution in [3.8, 4) is 0 Å². The minimum absolute atomic E-state index is 0.404. The van der Waals surface area contributed by atoms with E-state index in [1.165, 1.54) is 0 Å². The third kappa shape index (κ3) is 4.60. The molecule has 0 amide bonds. The fourth-order valence-corrected chi connectivity index (χ4v) is 2.40. The van der Waals surface area contributed by atoms with Crippen LogP contribution in [0, 0.1) is 0 Å². The van der Waals surface area contributed by atoms with Crippen LogP contribution in [-0.2, 0) is 0 Å². The van der Waals surface area contributed by atoms with Gasteiger partial charge < -0.3 is 10.0 Å². The van der Waals surface area contributed by atoms with Gasteiger partial charge >= 0.3 is 0 Å². The maximum Gasteiger partial charge on any atom is 0.0802 e. The average molecular weight is 270 g/mol. The number of rotatable bonds is 7. The molecule has 0 radical (unpaired) electrons. The smallest absolute Gasteiger partial charge is 0.0802 e. The first kappa shape index (κ1) is 15.5. The number of aliphatic hydroxyl groups is 1. The van der Waals surface area contributed by atoms with E-state index in [4.69, 9.17) is 11.6 Å². The van der Waals surface area contributed by atoms with Crippen LogP contribution in [0.3, 0.4) is 0 Å². The topological polar surface area (TPSA) is 23.5 Å². The van der Waals surface area contributed by atoms with Gasteiger partial charge in [0.15, 0.2) is 0 Å². The van der Waals surface area contributed by atoms with Gasteiger partial charge in [0.2, 0.25) is 0 Å². The lowest BCUT2D eigenvalue weighted by Crippen LogP contribution is -2.32. The Morgan fingerprint density at radius 2 is 1.72 bits per heavy atom. The number of hydrogen-bond acceptors (Lipinski definition) is 2. The maximum absolute atomic E-state index is 10.1. The third-order valence-corrected chi connectivity index (χ3v) is 3.83. The van der Waals surface area contributed by atoms with Crippen LogP contribution in [-0.4, -0.2) is 29.6 Å². The molecule has 1 aromatic carbocycles. The van der Waals surface area contributed by atoms with Crippen LogP contribution in [0.4, 0.5) is 0 Å². The molecule has 0 aromatic heterocycles. The van der Waals surface area contributed by atoms with Gasteiger partial charge in [-0.25, -0.2) is 0 Å². The molecule has 1 atom stereocenters. The fraction of sp³-hybridized carbons (Fsp3) is 0.600. The Balaban J connectivity index is 2.45. The summed E-state index contributed by atoms with van der Waals surface area (Å²) in [6, 6.07) is 8.05. The molecular formula is C15H24ClNO. The Hall–Kier alpha value is -0.570. The number of benzene rings is 1. The number of halogens is 1. The van der Waals surface area contributed by atoms with E-state index < -0.39 is 6.10 Å². The molecule has 1 N–H and O–H groups in total.